The average Bonchev–Trinajstić information content (AvgIpc) is 3.23. The van der Waals surface area contributed by atoms with Crippen molar-refractivity contribution in [2.75, 3.05) is 0 Å². The Morgan fingerprint density at radius 2 is 2.00 bits per heavy atom. The Hall–Kier alpha value is -2.88. The number of hydrogen-bond acceptors (Lipinski definition) is 5. The van der Waals surface area contributed by atoms with E-state index in [4.69, 9.17) is 4.52 Å². The fraction of sp³-hybridized carbons (Fsp3) is 0.300. The fourth-order valence-corrected chi connectivity index (χ4v) is 2.46. The first kappa shape index (κ1) is 17.9. The van der Waals surface area contributed by atoms with Gasteiger partial charge < -0.3 is 19.3 Å². The Kier molecular flexibility index (Phi) is 4.94. The van der Waals surface area contributed by atoms with E-state index in [2.05, 4.69) is 22.0 Å². The Morgan fingerprint density at radius 3 is 2.65 bits per heavy atom. The number of imidazole rings is 1. The van der Waals surface area contributed by atoms with Crippen molar-refractivity contribution in [1.29, 1.82) is 0 Å². The molecule has 3 aromatic rings. The van der Waals surface area contributed by atoms with Gasteiger partial charge in [0.2, 0.25) is 0 Å². The summed E-state index contributed by atoms with van der Waals surface area (Å²) < 4.78 is 7.27. The van der Waals surface area contributed by atoms with Gasteiger partial charge in [0.05, 0.1) is 6.54 Å². The minimum Gasteiger partial charge on any atom is -0.385 e. The van der Waals surface area contributed by atoms with Gasteiger partial charge in [0.25, 0.3) is 0 Å². The van der Waals surface area contributed by atoms with E-state index < -0.39 is 11.7 Å². The highest BCUT2D eigenvalue weighted by atomic mass is 16.5. The predicted molar refractivity (Wildman–Crippen MR) is 97.1 cm³/mol. The van der Waals surface area contributed by atoms with E-state index in [0.29, 0.717) is 18.1 Å². The number of nitrogens with zero attached hydrogens (tertiary/aromatic N) is 3. The van der Waals surface area contributed by atoms with Crippen molar-refractivity contribution >= 4 is 0 Å². The average molecular weight is 351 g/mol. The molecule has 26 heavy (non-hydrogen) atoms. The minimum absolute atomic E-state index is 0.471. The van der Waals surface area contributed by atoms with Crippen molar-refractivity contribution in [3.8, 4) is 23.2 Å². The number of rotatable bonds is 4. The third kappa shape index (κ3) is 4.39. The second kappa shape index (κ2) is 7.16. The molecular formula is C20H21N3O3. The van der Waals surface area contributed by atoms with Crippen LogP contribution in [0.15, 0.2) is 47.2 Å². The van der Waals surface area contributed by atoms with Gasteiger partial charge in [0.1, 0.15) is 23.2 Å². The molecule has 0 aliphatic heterocycles. The smallest absolute Gasteiger partial charge is 0.167 e. The molecule has 0 spiro atoms. The van der Waals surface area contributed by atoms with Gasteiger partial charge in [-0.1, -0.05) is 17.0 Å². The third-order valence-corrected chi connectivity index (χ3v) is 3.69. The molecule has 6 heteroatoms. The summed E-state index contributed by atoms with van der Waals surface area (Å²) in [6, 6.07) is 9.41. The maximum atomic E-state index is 9.72. The van der Waals surface area contributed by atoms with Gasteiger partial charge in [-0.05, 0) is 45.0 Å². The summed E-state index contributed by atoms with van der Waals surface area (Å²) in [6.07, 6.45) is 2.80. The summed E-state index contributed by atoms with van der Waals surface area (Å²) in [5.74, 6) is 6.96. The van der Waals surface area contributed by atoms with Gasteiger partial charge in [-0.2, -0.15) is 0 Å². The molecule has 2 aromatic heterocycles. The van der Waals surface area contributed by atoms with Gasteiger partial charge in [-0.3, -0.25) is 0 Å². The Balaban J connectivity index is 1.75. The lowest BCUT2D eigenvalue weighted by atomic mass is 10.1. The standard InChI is InChI=1S/C20H21N3O3/c1-14(24)19-21-10-11-23(19)13-17-12-18(26-22-17)16-6-4-15(5-7-16)8-9-20(2,3)25/h4-7,10-12,14,24-25H,13H2,1-3H3. The number of aromatic nitrogens is 3. The number of benzene rings is 1. The number of hydrogen-bond donors (Lipinski definition) is 2. The molecule has 0 saturated carbocycles. The molecule has 0 bridgehead atoms. The highest BCUT2D eigenvalue weighted by Gasteiger charge is 2.12. The summed E-state index contributed by atoms with van der Waals surface area (Å²) in [7, 11) is 0. The van der Waals surface area contributed by atoms with Crippen LogP contribution in [0.2, 0.25) is 0 Å². The molecule has 6 nitrogen and oxygen atoms in total. The van der Waals surface area contributed by atoms with Crippen LogP contribution in [0.4, 0.5) is 0 Å². The van der Waals surface area contributed by atoms with Crippen LogP contribution in [-0.2, 0) is 6.54 Å². The van der Waals surface area contributed by atoms with E-state index in [1.54, 1.807) is 33.2 Å². The first-order valence-corrected chi connectivity index (χ1v) is 8.32. The molecule has 0 aliphatic rings. The van der Waals surface area contributed by atoms with Crippen LogP contribution in [0.1, 0.15) is 44.0 Å². The van der Waals surface area contributed by atoms with Gasteiger partial charge in [-0.25, -0.2) is 4.98 Å². The van der Waals surface area contributed by atoms with E-state index in [0.717, 1.165) is 16.8 Å². The van der Waals surface area contributed by atoms with Gasteiger partial charge >= 0.3 is 0 Å². The van der Waals surface area contributed by atoms with Crippen LogP contribution in [-0.4, -0.2) is 30.5 Å². The van der Waals surface area contributed by atoms with Gasteiger partial charge in [-0.15, -0.1) is 0 Å². The zero-order valence-corrected chi connectivity index (χ0v) is 15.0. The second-order valence-electron chi connectivity index (χ2n) is 6.66. The molecule has 1 aromatic carbocycles. The minimum atomic E-state index is -1.02. The first-order valence-electron chi connectivity index (χ1n) is 8.32. The van der Waals surface area contributed by atoms with Crippen LogP contribution >= 0.6 is 0 Å². The molecule has 0 fully saturated rings. The van der Waals surface area contributed by atoms with Crippen LogP contribution in [0.25, 0.3) is 11.3 Å². The molecule has 0 aliphatic carbocycles. The molecule has 134 valence electrons. The summed E-state index contributed by atoms with van der Waals surface area (Å²) >= 11 is 0. The largest absolute Gasteiger partial charge is 0.385 e. The quantitative estimate of drug-likeness (QED) is 0.706. The van der Waals surface area contributed by atoms with Gasteiger partial charge in [0, 0.05) is 29.6 Å². The summed E-state index contributed by atoms with van der Waals surface area (Å²) in [5, 5.41) is 23.5. The predicted octanol–water partition coefficient (Wildman–Crippen LogP) is 2.76. The number of aliphatic hydroxyl groups is 2. The van der Waals surface area contributed by atoms with Crippen molar-refractivity contribution in [3.05, 3.63) is 59.8 Å². The summed E-state index contributed by atoms with van der Waals surface area (Å²) in [5.41, 5.74) is 1.43. The lowest BCUT2D eigenvalue weighted by Gasteiger charge is -2.07. The molecule has 2 N–H and O–H groups in total. The molecule has 0 amide bonds. The molecule has 2 heterocycles. The zero-order chi connectivity index (χ0) is 18.7. The van der Waals surface area contributed by atoms with E-state index in [-0.39, 0.29) is 0 Å². The third-order valence-electron chi connectivity index (χ3n) is 3.69. The zero-order valence-electron chi connectivity index (χ0n) is 15.0. The van der Waals surface area contributed by atoms with Crippen molar-refractivity contribution in [1.82, 2.24) is 14.7 Å². The molecule has 3 rings (SSSR count). The summed E-state index contributed by atoms with van der Waals surface area (Å²) in [6.45, 7) is 5.44. The van der Waals surface area contributed by atoms with Crippen LogP contribution in [0.3, 0.4) is 0 Å². The normalized spacial score (nSPS) is 12.5. The highest BCUT2D eigenvalue weighted by molar-refractivity contribution is 5.59. The number of aliphatic hydroxyl groups excluding tert-OH is 1. The molecule has 1 unspecified atom stereocenters. The second-order valence-corrected chi connectivity index (χ2v) is 6.66. The SMILES string of the molecule is CC(O)c1nccn1Cc1cc(-c2ccc(C#CC(C)(C)O)cc2)on1. The van der Waals surface area contributed by atoms with Crippen LogP contribution < -0.4 is 0 Å². The Labute approximate surface area is 152 Å². The lowest BCUT2D eigenvalue weighted by Crippen LogP contribution is -2.14. The van der Waals surface area contributed by atoms with Crippen molar-refractivity contribution in [2.45, 2.75) is 39.0 Å². The van der Waals surface area contributed by atoms with E-state index >= 15 is 0 Å². The molecule has 0 saturated heterocycles. The van der Waals surface area contributed by atoms with E-state index in [9.17, 15) is 10.2 Å². The lowest BCUT2D eigenvalue weighted by molar-refractivity contribution is 0.143. The maximum absolute atomic E-state index is 9.72. The summed E-state index contributed by atoms with van der Waals surface area (Å²) in [4.78, 5) is 4.15. The maximum Gasteiger partial charge on any atom is 0.167 e. The Bertz CT molecular complexity index is 935. The van der Waals surface area contributed by atoms with E-state index in [1.165, 1.54) is 0 Å². The van der Waals surface area contributed by atoms with Crippen LogP contribution in [0, 0.1) is 11.8 Å². The Morgan fingerprint density at radius 1 is 1.27 bits per heavy atom. The van der Waals surface area contributed by atoms with Crippen molar-refractivity contribution in [3.63, 3.8) is 0 Å². The molecule has 1 atom stereocenters. The fourth-order valence-electron chi connectivity index (χ4n) is 2.46. The van der Waals surface area contributed by atoms with Crippen molar-refractivity contribution in [2.24, 2.45) is 0 Å². The van der Waals surface area contributed by atoms with E-state index in [1.807, 2.05) is 34.9 Å². The monoisotopic (exact) mass is 351 g/mol. The molecule has 0 radical (unpaired) electrons. The first-order chi connectivity index (χ1) is 12.3. The highest BCUT2D eigenvalue weighted by Crippen LogP contribution is 2.22. The van der Waals surface area contributed by atoms with Crippen molar-refractivity contribution < 1.29 is 14.7 Å². The van der Waals surface area contributed by atoms with Gasteiger partial charge in [0.15, 0.2) is 5.76 Å². The molecular weight excluding hydrogens is 330 g/mol. The topological polar surface area (TPSA) is 84.3 Å². The van der Waals surface area contributed by atoms with Crippen LogP contribution in [0.5, 0.6) is 0 Å².